The van der Waals surface area contributed by atoms with Gasteiger partial charge in [0.05, 0.1) is 10.6 Å². The maximum atomic E-state index is 10.9. The Bertz CT molecular complexity index is 576. The van der Waals surface area contributed by atoms with Crippen LogP contribution in [0.4, 0.5) is 17.2 Å². The third-order valence-corrected chi connectivity index (χ3v) is 2.91. The largest absolute Gasteiger partial charge is 0.332 e. The molecule has 6 nitrogen and oxygen atoms in total. The molecule has 0 radical (unpaired) electrons. The van der Waals surface area contributed by atoms with Gasteiger partial charge < -0.3 is 5.32 Å². The molecule has 0 aliphatic carbocycles. The molecule has 92 valence electrons. The lowest BCUT2D eigenvalue weighted by molar-refractivity contribution is -0.384. The Labute approximate surface area is 108 Å². The van der Waals surface area contributed by atoms with Gasteiger partial charge in [-0.2, -0.15) is 0 Å². The summed E-state index contributed by atoms with van der Waals surface area (Å²) in [6.45, 7) is 0. The Balaban J connectivity index is 2.37. The Hall–Kier alpha value is -2.15. The Morgan fingerprint density at radius 1 is 1.28 bits per heavy atom. The molecular weight excluding hydrogens is 252 g/mol. The molecule has 0 aliphatic rings. The highest BCUT2D eigenvalue weighted by Gasteiger charge is 2.15. The van der Waals surface area contributed by atoms with E-state index in [0.717, 1.165) is 5.03 Å². The van der Waals surface area contributed by atoms with Crippen LogP contribution < -0.4 is 5.32 Å². The van der Waals surface area contributed by atoms with Crippen LogP contribution in [-0.2, 0) is 0 Å². The first-order valence-corrected chi connectivity index (χ1v) is 6.30. The second kappa shape index (κ2) is 5.46. The second-order valence-corrected chi connectivity index (χ2v) is 4.11. The first-order chi connectivity index (χ1) is 8.72. The quantitative estimate of drug-likeness (QED) is 0.518. The standard InChI is InChI=1S/C11H10N4O2S/c1-18-11-8(4-2-7-13-11)14-10-9(15(16)17)5-3-6-12-10/h2-7H,1H3,(H,12,14). The Morgan fingerprint density at radius 3 is 2.72 bits per heavy atom. The van der Waals surface area contributed by atoms with Crippen molar-refractivity contribution in [3.63, 3.8) is 0 Å². The zero-order valence-electron chi connectivity index (χ0n) is 9.53. The minimum Gasteiger partial charge on any atom is -0.332 e. The molecule has 2 aromatic rings. The lowest BCUT2D eigenvalue weighted by Crippen LogP contribution is -2.00. The lowest BCUT2D eigenvalue weighted by Gasteiger charge is -2.08. The van der Waals surface area contributed by atoms with E-state index in [1.165, 1.54) is 30.1 Å². The number of rotatable bonds is 4. The average molecular weight is 262 g/mol. The summed E-state index contributed by atoms with van der Waals surface area (Å²) >= 11 is 1.46. The van der Waals surface area contributed by atoms with Gasteiger partial charge in [-0.1, -0.05) is 0 Å². The molecule has 0 spiro atoms. The van der Waals surface area contributed by atoms with Crippen molar-refractivity contribution in [3.8, 4) is 0 Å². The maximum absolute atomic E-state index is 10.9. The summed E-state index contributed by atoms with van der Waals surface area (Å²) in [6.07, 6.45) is 5.06. The van der Waals surface area contributed by atoms with E-state index in [1.54, 1.807) is 18.3 Å². The van der Waals surface area contributed by atoms with Crippen LogP contribution in [0.15, 0.2) is 41.7 Å². The van der Waals surface area contributed by atoms with Crippen molar-refractivity contribution in [1.82, 2.24) is 9.97 Å². The Kier molecular flexibility index (Phi) is 3.73. The highest BCUT2D eigenvalue weighted by molar-refractivity contribution is 7.98. The van der Waals surface area contributed by atoms with Crippen LogP contribution in [0.3, 0.4) is 0 Å². The Morgan fingerprint density at radius 2 is 2.00 bits per heavy atom. The van der Waals surface area contributed by atoms with Crippen LogP contribution >= 0.6 is 11.8 Å². The number of aromatic nitrogens is 2. The van der Waals surface area contributed by atoms with Crippen molar-refractivity contribution in [2.45, 2.75) is 5.03 Å². The lowest BCUT2D eigenvalue weighted by atomic mass is 10.3. The third kappa shape index (κ3) is 2.57. The second-order valence-electron chi connectivity index (χ2n) is 3.31. The fourth-order valence-corrected chi connectivity index (χ4v) is 1.92. The van der Waals surface area contributed by atoms with E-state index in [1.807, 2.05) is 6.26 Å². The fraction of sp³-hybridized carbons (Fsp3) is 0.0909. The number of pyridine rings is 2. The number of nitrogens with zero attached hydrogens (tertiary/aromatic N) is 3. The minimum absolute atomic E-state index is 0.0617. The first kappa shape index (κ1) is 12.3. The number of nitro groups is 1. The normalized spacial score (nSPS) is 10.1. The molecule has 0 saturated carbocycles. The number of nitrogens with one attached hydrogen (secondary N) is 1. The summed E-state index contributed by atoms with van der Waals surface area (Å²) in [5, 5.41) is 14.6. The number of thioether (sulfide) groups is 1. The molecule has 0 bridgehead atoms. The molecular formula is C11H10N4O2S. The van der Waals surface area contributed by atoms with Gasteiger partial charge in [0.25, 0.3) is 0 Å². The predicted octanol–water partition coefficient (Wildman–Crippen LogP) is 2.85. The average Bonchev–Trinajstić information content (AvgIpc) is 2.40. The molecule has 1 N–H and O–H groups in total. The van der Waals surface area contributed by atoms with Crippen molar-refractivity contribution in [1.29, 1.82) is 0 Å². The molecule has 2 rings (SSSR count). The van der Waals surface area contributed by atoms with Gasteiger partial charge in [-0.15, -0.1) is 11.8 Å². The summed E-state index contributed by atoms with van der Waals surface area (Å²) in [4.78, 5) is 18.6. The van der Waals surface area contributed by atoms with E-state index in [-0.39, 0.29) is 11.5 Å². The zero-order chi connectivity index (χ0) is 13.0. The van der Waals surface area contributed by atoms with E-state index < -0.39 is 4.92 Å². The first-order valence-electron chi connectivity index (χ1n) is 5.08. The molecule has 7 heteroatoms. The van der Waals surface area contributed by atoms with Crippen LogP contribution in [0.5, 0.6) is 0 Å². The van der Waals surface area contributed by atoms with Crippen LogP contribution in [-0.4, -0.2) is 21.1 Å². The van der Waals surface area contributed by atoms with Crippen LogP contribution in [0.2, 0.25) is 0 Å². The van der Waals surface area contributed by atoms with Crippen molar-refractivity contribution < 1.29 is 4.92 Å². The van der Waals surface area contributed by atoms with E-state index in [2.05, 4.69) is 15.3 Å². The molecule has 2 aromatic heterocycles. The maximum Gasteiger partial charge on any atom is 0.311 e. The van der Waals surface area contributed by atoms with E-state index in [4.69, 9.17) is 0 Å². The zero-order valence-corrected chi connectivity index (χ0v) is 10.3. The SMILES string of the molecule is CSc1ncccc1Nc1ncccc1[N+](=O)[O-]. The van der Waals surface area contributed by atoms with Crippen LogP contribution in [0.25, 0.3) is 0 Å². The monoisotopic (exact) mass is 262 g/mol. The van der Waals surface area contributed by atoms with Crippen molar-refractivity contribution >= 4 is 29.0 Å². The molecule has 0 aliphatic heterocycles. The van der Waals surface area contributed by atoms with Gasteiger partial charge in [0, 0.05) is 18.5 Å². The van der Waals surface area contributed by atoms with Crippen molar-refractivity contribution in [2.24, 2.45) is 0 Å². The number of hydrogen-bond donors (Lipinski definition) is 1. The molecule has 18 heavy (non-hydrogen) atoms. The molecule has 0 unspecified atom stereocenters. The summed E-state index contributed by atoms with van der Waals surface area (Å²) in [7, 11) is 0. The highest BCUT2D eigenvalue weighted by atomic mass is 32.2. The summed E-state index contributed by atoms with van der Waals surface area (Å²) < 4.78 is 0. The number of hydrogen-bond acceptors (Lipinski definition) is 6. The minimum atomic E-state index is -0.468. The summed E-state index contributed by atoms with van der Waals surface area (Å²) in [5.41, 5.74) is 0.639. The van der Waals surface area contributed by atoms with Gasteiger partial charge in [-0.05, 0) is 24.5 Å². The van der Waals surface area contributed by atoms with Gasteiger partial charge >= 0.3 is 5.69 Å². The van der Waals surface area contributed by atoms with Gasteiger partial charge in [-0.3, -0.25) is 10.1 Å². The van der Waals surface area contributed by atoms with E-state index in [9.17, 15) is 10.1 Å². The van der Waals surface area contributed by atoms with E-state index >= 15 is 0 Å². The van der Waals surface area contributed by atoms with Gasteiger partial charge in [0.15, 0.2) is 0 Å². The van der Waals surface area contributed by atoms with Gasteiger partial charge in [0.1, 0.15) is 5.03 Å². The van der Waals surface area contributed by atoms with Crippen LogP contribution in [0, 0.1) is 10.1 Å². The van der Waals surface area contributed by atoms with Gasteiger partial charge in [-0.25, -0.2) is 9.97 Å². The topological polar surface area (TPSA) is 81.0 Å². The molecule has 0 amide bonds. The molecule has 0 atom stereocenters. The molecule has 0 saturated heterocycles. The fourth-order valence-electron chi connectivity index (χ4n) is 1.42. The smallest absolute Gasteiger partial charge is 0.311 e. The molecule has 0 fully saturated rings. The number of anilines is 2. The summed E-state index contributed by atoms with van der Waals surface area (Å²) in [6, 6.07) is 6.50. The van der Waals surface area contributed by atoms with Crippen LogP contribution in [0.1, 0.15) is 0 Å². The third-order valence-electron chi connectivity index (χ3n) is 2.20. The van der Waals surface area contributed by atoms with E-state index in [0.29, 0.717) is 5.69 Å². The molecule has 0 aromatic carbocycles. The van der Waals surface area contributed by atoms with Gasteiger partial charge in [0.2, 0.25) is 5.82 Å². The van der Waals surface area contributed by atoms with Crippen molar-refractivity contribution in [3.05, 3.63) is 46.8 Å². The predicted molar refractivity (Wildman–Crippen MR) is 70.2 cm³/mol. The highest BCUT2D eigenvalue weighted by Crippen LogP contribution is 2.28. The summed E-state index contributed by atoms with van der Waals surface area (Å²) in [5.74, 6) is 0.214. The molecule has 2 heterocycles. The van der Waals surface area contributed by atoms with Crippen molar-refractivity contribution in [2.75, 3.05) is 11.6 Å².